The van der Waals surface area contributed by atoms with Gasteiger partial charge in [-0.3, -0.25) is 9.59 Å². The molecule has 0 fully saturated rings. The lowest BCUT2D eigenvalue weighted by Crippen LogP contribution is -2.50. The van der Waals surface area contributed by atoms with E-state index in [-0.39, 0.29) is 23.5 Å². The van der Waals surface area contributed by atoms with Crippen LogP contribution in [0.15, 0.2) is 29.2 Å². The van der Waals surface area contributed by atoms with E-state index in [1.54, 1.807) is 27.7 Å². The molecule has 9 heteroatoms. The molecule has 0 radical (unpaired) electrons. The van der Waals surface area contributed by atoms with Crippen LogP contribution in [-0.2, 0) is 19.6 Å². The number of carbonyl (C=O) groups excluding carboxylic acids is 1. The van der Waals surface area contributed by atoms with Gasteiger partial charge in [0.05, 0.1) is 23.5 Å². The van der Waals surface area contributed by atoms with Crippen LogP contribution in [0.5, 0.6) is 0 Å². The maximum Gasteiger partial charge on any atom is 0.305 e. The normalized spacial score (nSPS) is 14.5. The van der Waals surface area contributed by atoms with Gasteiger partial charge in [0, 0.05) is 18.2 Å². The molecule has 0 spiro atoms. The molecule has 146 valence electrons. The van der Waals surface area contributed by atoms with Crippen LogP contribution >= 0.6 is 0 Å². The van der Waals surface area contributed by atoms with Crippen molar-refractivity contribution in [2.45, 2.75) is 50.1 Å². The molecule has 0 bridgehead atoms. The lowest BCUT2D eigenvalue weighted by Gasteiger charge is -2.28. The summed E-state index contributed by atoms with van der Waals surface area (Å²) in [5.74, 6) is -1.59. The van der Waals surface area contributed by atoms with Gasteiger partial charge in [-0.2, -0.15) is 0 Å². The van der Waals surface area contributed by atoms with E-state index in [1.165, 1.54) is 31.4 Å². The zero-order valence-corrected chi connectivity index (χ0v) is 16.4. The average Bonchev–Trinajstić information content (AvgIpc) is 2.43. The number of sulfonamides is 1. The predicted molar refractivity (Wildman–Crippen MR) is 96.5 cm³/mol. The number of amides is 1. The van der Waals surface area contributed by atoms with Crippen LogP contribution in [0.2, 0.25) is 0 Å². The highest BCUT2D eigenvalue weighted by Crippen LogP contribution is 2.16. The summed E-state index contributed by atoms with van der Waals surface area (Å²) in [7, 11) is -2.29. The number of rotatable bonds is 8. The fraction of sp³-hybridized carbons (Fsp3) is 0.529. The van der Waals surface area contributed by atoms with Gasteiger partial charge in [0.1, 0.15) is 0 Å². The summed E-state index contributed by atoms with van der Waals surface area (Å²) >= 11 is 0. The van der Waals surface area contributed by atoms with Crippen LogP contribution in [0.1, 0.15) is 44.5 Å². The van der Waals surface area contributed by atoms with Gasteiger partial charge >= 0.3 is 5.97 Å². The molecule has 1 unspecified atom stereocenters. The van der Waals surface area contributed by atoms with Crippen molar-refractivity contribution in [3.05, 3.63) is 29.8 Å². The molecule has 1 amide bonds. The Hall–Kier alpha value is -1.97. The molecular formula is C17H26N2O6S. The first-order chi connectivity index (χ1) is 11.8. The van der Waals surface area contributed by atoms with Crippen LogP contribution in [0.3, 0.4) is 0 Å². The Morgan fingerprint density at radius 3 is 2.08 bits per heavy atom. The van der Waals surface area contributed by atoms with E-state index in [0.29, 0.717) is 0 Å². The molecule has 1 aromatic carbocycles. The molecule has 0 heterocycles. The predicted octanol–water partition coefficient (Wildman–Crippen LogP) is 1.37. The van der Waals surface area contributed by atoms with Gasteiger partial charge in [-0.15, -0.1) is 0 Å². The molecule has 0 saturated carbocycles. The summed E-state index contributed by atoms with van der Waals surface area (Å²) in [4.78, 5) is 23.4. The van der Waals surface area contributed by atoms with Gasteiger partial charge in [0.2, 0.25) is 10.0 Å². The Kier molecular flexibility index (Phi) is 6.92. The fourth-order valence-corrected chi connectivity index (χ4v) is 3.80. The van der Waals surface area contributed by atoms with Gasteiger partial charge in [-0.05, 0) is 52.0 Å². The zero-order valence-electron chi connectivity index (χ0n) is 15.6. The third kappa shape index (κ3) is 6.74. The minimum atomic E-state index is -3.70. The third-order valence-corrected chi connectivity index (χ3v) is 5.06. The van der Waals surface area contributed by atoms with Crippen molar-refractivity contribution in [2.24, 2.45) is 0 Å². The first-order valence-corrected chi connectivity index (χ1v) is 9.44. The van der Waals surface area contributed by atoms with Crippen molar-refractivity contribution in [3.8, 4) is 0 Å². The summed E-state index contributed by atoms with van der Waals surface area (Å²) in [5.41, 5.74) is -1.50. The van der Waals surface area contributed by atoms with Gasteiger partial charge in [0.15, 0.2) is 0 Å². The smallest absolute Gasteiger partial charge is 0.305 e. The Morgan fingerprint density at radius 1 is 1.12 bits per heavy atom. The average molecular weight is 386 g/mol. The van der Waals surface area contributed by atoms with E-state index >= 15 is 0 Å². The van der Waals surface area contributed by atoms with E-state index in [0.717, 1.165) is 0 Å². The van der Waals surface area contributed by atoms with Crippen molar-refractivity contribution in [1.29, 1.82) is 0 Å². The highest BCUT2D eigenvalue weighted by Gasteiger charge is 2.30. The van der Waals surface area contributed by atoms with Gasteiger partial charge < -0.3 is 15.2 Å². The number of hydrogen-bond donors (Lipinski definition) is 3. The van der Waals surface area contributed by atoms with Crippen molar-refractivity contribution in [3.63, 3.8) is 0 Å². The molecule has 26 heavy (non-hydrogen) atoms. The Labute approximate surface area is 154 Å². The molecule has 0 aromatic heterocycles. The summed E-state index contributed by atoms with van der Waals surface area (Å²) in [6, 6.07) is 5.41. The van der Waals surface area contributed by atoms with Crippen molar-refractivity contribution in [2.75, 3.05) is 13.7 Å². The van der Waals surface area contributed by atoms with E-state index < -0.39 is 33.0 Å². The highest BCUT2D eigenvalue weighted by molar-refractivity contribution is 7.89. The second-order valence-corrected chi connectivity index (χ2v) is 9.08. The van der Waals surface area contributed by atoms with E-state index in [1.807, 2.05) is 0 Å². The molecule has 0 aliphatic heterocycles. The molecule has 1 rings (SSSR count). The Bertz CT molecular complexity index is 752. The van der Waals surface area contributed by atoms with E-state index in [2.05, 4.69) is 10.0 Å². The number of carboxylic acid groups (broad SMARTS) is 1. The number of aliphatic carboxylic acids is 1. The standard InChI is InChI=1S/C17H26N2O6S/c1-16(2,3)19-26(23,24)13-8-6-12(7-9-13)15(22)18-17(4,11-25-5)10-14(20)21/h6-9,19H,10-11H2,1-5H3,(H,18,22)(H,20,21). The monoisotopic (exact) mass is 386 g/mol. The maximum atomic E-state index is 12.4. The number of carboxylic acids is 1. The number of benzene rings is 1. The second kappa shape index (κ2) is 8.15. The number of nitrogens with one attached hydrogen (secondary N) is 2. The number of carbonyl (C=O) groups is 2. The Balaban J connectivity index is 2.97. The number of hydrogen-bond acceptors (Lipinski definition) is 5. The van der Waals surface area contributed by atoms with Crippen LogP contribution in [0.4, 0.5) is 0 Å². The van der Waals surface area contributed by atoms with E-state index in [4.69, 9.17) is 9.84 Å². The zero-order chi connectivity index (χ0) is 20.2. The van der Waals surface area contributed by atoms with Crippen molar-refractivity contribution < 1.29 is 27.9 Å². The fourth-order valence-electron chi connectivity index (χ4n) is 2.38. The second-order valence-electron chi connectivity index (χ2n) is 7.40. The molecule has 0 saturated heterocycles. The van der Waals surface area contributed by atoms with Crippen molar-refractivity contribution >= 4 is 21.9 Å². The van der Waals surface area contributed by atoms with Crippen LogP contribution in [0, 0.1) is 0 Å². The molecule has 1 aromatic rings. The van der Waals surface area contributed by atoms with E-state index in [9.17, 15) is 18.0 Å². The quantitative estimate of drug-likeness (QED) is 0.620. The van der Waals surface area contributed by atoms with Crippen LogP contribution < -0.4 is 10.0 Å². The van der Waals surface area contributed by atoms with Gasteiger partial charge in [-0.25, -0.2) is 13.1 Å². The molecule has 8 nitrogen and oxygen atoms in total. The lowest BCUT2D eigenvalue weighted by atomic mass is 9.98. The van der Waals surface area contributed by atoms with Gasteiger partial charge in [-0.1, -0.05) is 0 Å². The molecular weight excluding hydrogens is 360 g/mol. The summed E-state index contributed by atoms with van der Waals surface area (Å²) < 4.78 is 32.1. The first kappa shape index (κ1) is 22.1. The molecule has 1 atom stereocenters. The summed E-state index contributed by atoms with van der Waals surface area (Å²) in [6.45, 7) is 6.77. The molecule has 0 aliphatic rings. The number of ether oxygens (including phenoxy) is 1. The lowest BCUT2D eigenvalue weighted by molar-refractivity contribution is -0.139. The SMILES string of the molecule is COCC(C)(CC(=O)O)NC(=O)c1ccc(S(=O)(=O)NC(C)(C)C)cc1. The summed E-state index contributed by atoms with van der Waals surface area (Å²) in [6.07, 6.45) is -0.311. The Morgan fingerprint density at radius 2 is 1.65 bits per heavy atom. The first-order valence-electron chi connectivity index (χ1n) is 7.95. The number of methoxy groups -OCH3 is 1. The minimum absolute atomic E-state index is 0.0208. The third-order valence-electron chi connectivity index (χ3n) is 3.29. The highest BCUT2D eigenvalue weighted by atomic mass is 32.2. The van der Waals surface area contributed by atoms with Crippen LogP contribution in [0.25, 0.3) is 0 Å². The summed E-state index contributed by atoms with van der Waals surface area (Å²) in [5, 5.41) is 11.6. The van der Waals surface area contributed by atoms with Crippen LogP contribution in [-0.4, -0.2) is 50.2 Å². The minimum Gasteiger partial charge on any atom is -0.481 e. The maximum absolute atomic E-state index is 12.4. The topological polar surface area (TPSA) is 122 Å². The largest absolute Gasteiger partial charge is 0.481 e. The van der Waals surface area contributed by atoms with Gasteiger partial charge in [0.25, 0.3) is 5.91 Å². The molecule has 3 N–H and O–H groups in total. The van der Waals surface area contributed by atoms with Crippen molar-refractivity contribution in [1.82, 2.24) is 10.0 Å². The molecule has 0 aliphatic carbocycles.